The lowest BCUT2D eigenvalue weighted by Gasteiger charge is -2.28. The van der Waals surface area contributed by atoms with Crippen LogP contribution in [-0.4, -0.2) is 22.9 Å². The lowest BCUT2D eigenvalue weighted by atomic mass is 9.98. The average molecular weight is 215 g/mol. The van der Waals surface area contributed by atoms with Crippen LogP contribution >= 0.6 is 0 Å². The van der Waals surface area contributed by atoms with Gasteiger partial charge in [-0.2, -0.15) is 0 Å². The number of nitrogens with zero attached hydrogens (tertiary/aromatic N) is 2. The summed E-state index contributed by atoms with van der Waals surface area (Å²) in [5, 5.41) is 2.81. The molecule has 0 aliphatic rings. The largest absolute Gasteiger partial charge is 0.302 e. The first-order valence-corrected chi connectivity index (χ1v) is 4.91. The molecule has 1 aromatic rings. The SMILES string of the molecule is CCCNC(C)(c1cnccn1)C(F)F. The number of hydrogen-bond acceptors (Lipinski definition) is 3. The molecule has 1 N–H and O–H groups in total. The van der Waals surface area contributed by atoms with E-state index < -0.39 is 12.0 Å². The molecule has 0 aliphatic heterocycles. The van der Waals surface area contributed by atoms with Crippen molar-refractivity contribution in [1.82, 2.24) is 15.3 Å². The monoisotopic (exact) mass is 215 g/mol. The summed E-state index contributed by atoms with van der Waals surface area (Å²) in [5.74, 6) is 0. The van der Waals surface area contributed by atoms with Crippen LogP contribution < -0.4 is 5.32 Å². The summed E-state index contributed by atoms with van der Waals surface area (Å²) in [4.78, 5) is 7.73. The highest BCUT2D eigenvalue weighted by molar-refractivity contribution is 5.11. The molecule has 0 saturated heterocycles. The van der Waals surface area contributed by atoms with Gasteiger partial charge in [-0.15, -0.1) is 0 Å². The van der Waals surface area contributed by atoms with Crippen molar-refractivity contribution < 1.29 is 8.78 Å². The highest BCUT2D eigenvalue weighted by atomic mass is 19.3. The van der Waals surface area contributed by atoms with E-state index in [-0.39, 0.29) is 5.69 Å². The second-order valence-electron chi connectivity index (χ2n) is 3.52. The third-order valence-electron chi connectivity index (χ3n) is 2.27. The molecule has 1 aromatic heterocycles. The van der Waals surface area contributed by atoms with Gasteiger partial charge in [0.25, 0.3) is 6.43 Å². The Morgan fingerprint density at radius 3 is 2.67 bits per heavy atom. The van der Waals surface area contributed by atoms with E-state index in [2.05, 4.69) is 15.3 Å². The topological polar surface area (TPSA) is 37.8 Å². The van der Waals surface area contributed by atoms with Crippen LogP contribution in [0.3, 0.4) is 0 Å². The van der Waals surface area contributed by atoms with Crippen LogP contribution in [-0.2, 0) is 5.54 Å². The van der Waals surface area contributed by atoms with Crippen LogP contribution in [0.1, 0.15) is 26.0 Å². The van der Waals surface area contributed by atoms with Crippen LogP contribution in [0.4, 0.5) is 8.78 Å². The highest BCUT2D eigenvalue weighted by Crippen LogP contribution is 2.25. The average Bonchev–Trinajstić information content (AvgIpc) is 2.27. The minimum absolute atomic E-state index is 0.272. The van der Waals surface area contributed by atoms with Gasteiger partial charge in [0.2, 0.25) is 0 Å². The van der Waals surface area contributed by atoms with Crippen LogP contribution in [0.5, 0.6) is 0 Å². The van der Waals surface area contributed by atoms with E-state index in [9.17, 15) is 8.78 Å². The van der Waals surface area contributed by atoms with Gasteiger partial charge in [-0.05, 0) is 19.9 Å². The third-order valence-corrected chi connectivity index (χ3v) is 2.27. The zero-order chi connectivity index (χ0) is 11.3. The second kappa shape index (κ2) is 5.11. The summed E-state index contributed by atoms with van der Waals surface area (Å²) in [6.45, 7) is 3.89. The molecule has 1 rings (SSSR count). The minimum Gasteiger partial charge on any atom is -0.302 e. The van der Waals surface area contributed by atoms with Gasteiger partial charge >= 0.3 is 0 Å². The van der Waals surface area contributed by atoms with Gasteiger partial charge in [0.05, 0.1) is 11.9 Å². The van der Waals surface area contributed by atoms with E-state index in [0.717, 1.165) is 6.42 Å². The molecule has 1 unspecified atom stereocenters. The summed E-state index contributed by atoms with van der Waals surface area (Å²) in [7, 11) is 0. The van der Waals surface area contributed by atoms with Crippen molar-refractivity contribution in [3.63, 3.8) is 0 Å². The van der Waals surface area contributed by atoms with Gasteiger partial charge in [-0.3, -0.25) is 9.97 Å². The van der Waals surface area contributed by atoms with Gasteiger partial charge in [0.15, 0.2) is 0 Å². The van der Waals surface area contributed by atoms with Crippen LogP contribution in [0, 0.1) is 0 Å². The number of rotatable bonds is 5. The molecular weight excluding hydrogens is 200 g/mol. The van der Waals surface area contributed by atoms with Gasteiger partial charge in [0, 0.05) is 12.4 Å². The van der Waals surface area contributed by atoms with E-state index in [1.165, 1.54) is 25.5 Å². The van der Waals surface area contributed by atoms with Gasteiger partial charge in [-0.1, -0.05) is 6.92 Å². The minimum atomic E-state index is -2.51. The maximum atomic E-state index is 13.0. The number of nitrogens with one attached hydrogen (secondary N) is 1. The molecule has 84 valence electrons. The zero-order valence-electron chi connectivity index (χ0n) is 8.87. The van der Waals surface area contributed by atoms with Crippen molar-refractivity contribution in [3.05, 3.63) is 24.3 Å². The fourth-order valence-electron chi connectivity index (χ4n) is 1.23. The lowest BCUT2D eigenvalue weighted by molar-refractivity contribution is 0.0358. The Balaban J connectivity index is 2.91. The molecular formula is C10H15F2N3. The molecule has 15 heavy (non-hydrogen) atoms. The molecule has 0 radical (unpaired) electrons. The number of halogens is 2. The van der Waals surface area contributed by atoms with Gasteiger partial charge < -0.3 is 5.32 Å². The summed E-state index contributed by atoms with van der Waals surface area (Å²) in [6.07, 6.45) is 2.54. The Hall–Kier alpha value is -1.10. The van der Waals surface area contributed by atoms with Crippen molar-refractivity contribution in [3.8, 4) is 0 Å². The van der Waals surface area contributed by atoms with Crippen molar-refractivity contribution in [2.24, 2.45) is 0 Å². The molecule has 0 fully saturated rings. The summed E-state index contributed by atoms with van der Waals surface area (Å²) < 4.78 is 25.9. The van der Waals surface area contributed by atoms with Crippen molar-refractivity contribution >= 4 is 0 Å². The molecule has 1 heterocycles. The van der Waals surface area contributed by atoms with Crippen LogP contribution in [0.15, 0.2) is 18.6 Å². The van der Waals surface area contributed by atoms with E-state index in [0.29, 0.717) is 6.54 Å². The van der Waals surface area contributed by atoms with Crippen LogP contribution in [0.2, 0.25) is 0 Å². The third kappa shape index (κ3) is 2.68. The Kier molecular flexibility index (Phi) is 4.08. The van der Waals surface area contributed by atoms with Crippen molar-refractivity contribution in [2.45, 2.75) is 32.2 Å². The first kappa shape index (κ1) is 12.0. The zero-order valence-corrected chi connectivity index (χ0v) is 8.87. The van der Waals surface area contributed by atoms with Crippen LogP contribution in [0.25, 0.3) is 0 Å². The molecule has 0 amide bonds. The predicted molar refractivity (Wildman–Crippen MR) is 53.7 cm³/mol. The molecule has 1 atom stereocenters. The second-order valence-corrected chi connectivity index (χ2v) is 3.52. The van der Waals surface area contributed by atoms with E-state index >= 15 is 0 Å². The van der Waals surface area contributed by atoms with E-state index in [4.69, 9.17) is 0 Å². The number of hydrogen-bond donors (Lipinski definition) is 1. The maximum absolute atomic E-state index is 13.0. The molecule has 0 saturated carbocycles. The Morgan fingerprint density at radius 2 is 2.20 bits per heavy atom. The molecule has 0 aliphatic carbocycles. The molecule has 0 spiro atoms. The fraction of sp³-hybridized carbons (Fsp3) is 0.600. The fourth-order valence-corrected chi connectivity index (χ4v) is 1.23. The maximum Gasteiger partial charge on any atom is 0.261 e. The van der Waals surface area contributed by atoms with E-state index in [1.54, 1.807) is 0 Å². The Bertz CT molecular complexity index is 292. The molecule has 3 nitrogen and oxygen atoms in total. The molecule has 5 heteroatoms. The van der Waals surface area contributed by atoms with Gasteiger partial charge in [-0.25, -0.2) is 8.78 Å². The number of aromatic nitrogens is 2. The van der Waals surface area contributed by atoms with E-state index in [1.807, 2.05) is 6.92 Å². The lowest BCUT2D eigenvalue weighted by Crippen LogP contribution is -2.46. The number of alkyl halides is 2. The van der Waals surface area contributed by atoms with Gasteiger partial charge in [0.1, 0.15) is 5.54 Å². The summed E-state index contributed by atoms with van der Waals surface area (Å²) in [5.41, 5.74) is -1.14. The summed E-state index contributed by atoms with van der Waals surface area (Å²) >= 11 is 0. The normalized spacial score (nSPS) is 15.3. The van der Waals surface area contributed by atoms with Crippen molar-refractivity contribution in [2.75, 3.05) is 6.54 Å². The first-order valence-electron chi connectivity index (χ1n) is 4.91. The first-order chi connectivity index (χ1) is 7.11. The Morgan fingerprint density at radius 1 is 1.47 bits per heavy atom. The predicted octanol–water partition coefficient (Wildman–Crippen LogP) is 1.96. The Labute approximate surface area is 87.9 Å². The molecule has 0 aromatic carbocycles. The quantitative estimate of drug-likeness (QED) is 0.815. The van der Waals surface area contributed by atoms with Crippen molar-refractivity contribution in [1.29, 1.82) is 0 Å². The highest BCUT2D eigenvalue weighted by Gasteiger charge is 2.37. The smallest absolute Gasteiger partial charge is 0.261 e. The molecule has 0 bridgehead atoms. The standard InChI is InChI=1S/C10H15F2N3/c1-3-4-15-10(2,9(11)12)8-7-13-5-6-14-8/h5-7,9,15H,3-4H2,1-2H3. The summed E-state index contributed by atoms with van der Waals surface area (Å²) in [6, 6.07) is 0.